The van der Waals surface area contributed by atoms with E-state index in [2.05, 4.69) is 15.9 Å². The molecule has 0 spiro atoms. The molecule has 0 aliphatic carbocycles. The standard InChI is InChI=1S/C14H20BrNO4S/c1-2-20-13-4-3-12(15)9-14(13)21(18,19)16-7-5-11(10-17)6-8-16/h3-4,9,11,17H,2,5-8,10H2,1H3. The Kier molecular flexibility index (Phi) is 5.65. The molecule has 2 rings (SSSR count). The van der Waals surface area contributed by atoms with Crippen LogP contribution in [0.15, 0.2) is 27.6 Å². The highest BCUT2D eigenvalue weighted by molar-refractivity contribution is 9.10. The molecule has 1 aromatic rings. The van der Waals surface area contributed by atoms with Crippen molar-refractivity contribution >= 4 is 26.0 Å². The van der Waals surface area contributed by atoms with Gasteiger partial charge in [0.1, 0.15) is 10.6 Å². The van der Waals surface area contributed by atoms with Crippen LogP contribution in [0, 0.1) is 5.92 Å². The van der Waals surface area contributed by atoms with Crippen LogP contribution in [-0.4, -0.2) is 44.1 Å². The number of hydrogen-bond donors (Lipinski definition) is 1. The Morgan fingerprint density at radius 3 is 2.62 bits per heavy atom. The molecule has 21 heavy (non-hydrogen) atoms. The van der Waals surface area contributed by atoms with Gasteiger partial charge in [0.2, 0.25) is 10.0 Å². The number of benzene rings is 1. The lowest BCUT2D eigenvalue weighted by Crippen LogP contribution is -2.39. The zero-order chi connectivity index (χ0) is 15.5. The van der Waals surface area contributed by atoms with Gasteiger partial charge in [0.25, 0.3) is 0 Å². The van der Waals surface area contributed by atoms with E-state index >= 15 is 0 Å². The first kappa shape index (κ1) is 16.7. The maximum atomic E-state index is 12.8. The van der Waals surface area contributed by atoms with Crippen molar-refractivity contribution < 1.29 is 18.3 Å². The van der Waals surface area contributed by atoms with Crippen molar-refractivity contribution in [1.82, 2.24) is 4.31 Å². The summed E-state index contributed by atoms with van der Waals surface area (Å²) in [4.78, 5) is 0.196. The quantitative estimate of drug-likeness (QED) is 0.854. The van der Waals surface area contributed by atoms with Crippen molar-refractivity contribution in [2.75, 3.05) is 26.3 Å². The molecule has 1 aliphatic heterocycles. The van der Waals surface area contributed by atoms with Gasteiger partial charge in [-0.05, 0) is 43.9 Å². The Bertz CT molecular complexity index is 583. The van der Waals surface area contributed by atoms with Gasteiger partial charge in [0.05, 0.1) is 6.61 Å². The van der Waals surface area contributed by atoms with Gasteiger partial charge in [-0.25, -0.2) is 8.42 Å². The van der Waals surface area contributed by atoms with Gasteiger partial charge in [-0.2, -0.15) is 4.31 Å². The summed E-state index contributed by atoms with van der Waals surface area (Å²) in [5, 5.41) is 9.15. The van der Waals surface area contributed by atoms with E-state index in [1.54, 1.807) is 18.2 Å². The van der Waals surface area contributed by atoms with Gasteiger partial charge in [-0.1, -0.05) is 15.9 Å². The van der Waals surface area contributed by atoms with E-state index in [1.165, 1.54) is 4.31 Å². The first-order chi connectivity index (χ1) is 9.98. The van der Waals surface area contributed by atoms with Crippen LogP contribution in [0.2, 0.25) is 0 Å². The highest BCUT2D eigenvalue weighted by Crippen LogP contribution is 2.32. The van der Waals surface area contributed by atoms with Gasteiger partial charge in [-0.15, -0.1) is 0 Å². The zero-order valence-electron chi connectivity index (χ0n) is 12.0. The van der Waals surface area contributed by atoms with Crippen LogP contribution < -0.4 is 4.74 Å². The largest absolute Gasteiger partial charge is 0.492 e. The van der Waals surface area contributed by atoms with Crippen LogP contribution in [0.3, 0.4) is 0 Å². The molecule has 1 saturated heterocycles. The molecule has 1 N–H and O–H groups in total. The number of piperidine rings is 1. The summed E-state index contributed by atoms with van der Waals surface area (Å²) in [7, 11) is -3.57. The number of hydrogen-bond acceptors (Lipinski definition) is 4. The van der Waals surface area contributed by atoms with Gasteiger partial charge in [-0.3, -0.25) is 0 Å². The van der Waals surface area contributed by atoms with E-state index in [1.807, 2.05) is 6.92 Å². The summed E-state index contributed by atoms with van der Waals surface area (Å²) in [6.07, 6.45) is 1.38. The second-order valence-corrected chi connectivity index (χ2v) is 7.88. The number of nitrogens with zero attached hydrogens (tertiary/aromatic N) is 1. The molecule has 1 heterocycles. The third-order valence-corrected chi connectivity index (χ3v) is 6.07. The minimum atomic E-state index is -3.57. The zero-order valence-corrected chi connectivity index (χ0v) is 14.4. The number of aliphatic hydroxyl groups is 1. The predicted molar refractivity (Wildman–Crippen MR) is 83.9 cm³/mol. The molecule has 0 unspecified atom stereocenters. The van der Waals surface area contributed by atoms with Crippen LogP contribution >= 0.6 is 15.9 Å². The molecule has 118 valence electrons. The fraction of sp³-hybridized carbons (Fsp3) is 0.571. The van der Waals surface area contributed by atoms with Gasteiger partial charge in [0, 0.05) is 24.2 Å². The minimum absolute atomic E-state index is 0.120. The molecule has 1 aliphatic rings. The Balaban J connectivity index is 2.29. The number of aliphatic hydroxyl groups excluding tert-OH is 1. The molecule has 0 saturated carbocycles. The second kappa shape index (κ2) is 7.09. The van der Waals surface area contributed by atoms with Crippen molar-refractivity contribution in [2.24, 2.45) is 5.92 Å². The predicted octanol–water partition coefficient (Wildman–Crippen LogP) is 2.24. The van der Waals surface area contributed by atoms with Gasteiger partial charge in [0.15, 0.2) is 0 Å². The lowest BCUT2D eigenvalue weighted by Gasteiger charge is -2.30. The molecule has 0 bridgehead atoms. The van der Waals surface area contributed by atoms with Crippen LogP contribution in [0.25, 0.3) is 0 Å². The summed E-state index contributed by atoms with van der Waals surface area (Å²) < 4.78 is 33.2. The van der Waals surface area contributed by atoms with Crippen molar-refractivity contribution in [3.05, 3.63) is 22.7 Å². The summed E-state index contributed by atoms with van der Waals surface area (Å²) in [5.74, 6) is 0.579. The van der Waals surface area contributed by atoms with Gasteiger partial charge < -0.3 is 9.84 Å². The molecule has 0 radical (unpaired) electrons. The third-order valence-electron chi connectivity index (χ3n) is 3.66. The van der Waals surface area contributed by atoms with Crippen LogP contribution in [0.5, 0.6) is 5.75 Å². The van der Waals surface area contributed by atoms with Crippen LogP contribution in [0.4, 0.5) is 0 Å². The monoisotopic (exact) mass is 377 g/mol. The molecule has 1 aromatic carbocycles. The van der Waals surface area contributed by atoms with Crippen LogP contribution in [0.1, 0.15) is 19.8 Å². The normalized spacial score (nSPS) is 17.9. The topological polar surface area (TPSA) is 66.8 Å². The van der Waals surface area contributed by atoms with E-state index in [0.717, 1.165) is 0 Å². The third kappa shape index (κ3) is 3.77. The molecule has 0 amide bonds. The Labute approximate surface area is 134 Å². The van der Waals surface area contributed by atoms with Crippen molar-refractivity contribution in [3.8, 4) is 5.75 Å². The minimum Gasteiger partial charge on any atom is -0.492 e. The molecule has 7 heteroatoms. The molecule has 0 aromatic heterocycles. The SMILES string of the molecule is CCOc1ccc(Br)cc1S(=O)(=O)N1CCC(CO)CC1. The summed E-state index contributed by atoms with van der Waals surface area (Å²) in [6.45, 7) is 3.23. The molecular weight excluding hydrogens is 358 g/mol. The average molecular weight is 378 g/mol. The van der Waals surface area contributed by atoms with Crippen molar-refractivity contribution in [3.63, 3.8) is 0 Å². The van der Waals surface area contributed by atoms with Crippen molar-refractivity contribution in [1.29, 1.82) is 0 Å². The molecule has 0 atom stereocenters. The smallest absolute Gasteiger partial charge is 0.246 e. The fourth-order valence-electron chi connectivity index (χ4n) is 2.43. The van der Waals surface area contributed by atoms with E-state index in [0.29, 0.717) is 42.8 Å². The summed E-state index contributed by atoms with van der Waals surface area (Å²) in [5.41, 5.74) is 0. The van der Waals surface area contributed by atoms with Gasteiger partial charge >= 0.3 is 0 Å². The number of sulfonamides is 1. The Morgan fingerprint density at radius 1 is 1.38 bits per heavy atom. The molecule has 5 nitrogen and oxygen atoms in total. The maximum absolute atomic E-state index is 12.8. The summed E-state index contributed by atoms with van der Waals surface area (Å²) >= 11 is 3.31. The van der Waals surface area contributed by atoms with E-state index in [4.69, 9.17) is 9.84 Å². The number of rotatable bonds is 5. The Morgan fingerprint density at radius 2 is 2.05 bits per heavy atom. The molecular formula is C14H20BrNO4S. The number of ether oxygens (including phenoxy) is 1. The molecule has 1 fully saturated rings. The first-order valence-electron chi connectivity index (χ1n) is 7.02. The lowest BCUT2D eigenvalue weighted by atomic mass is 10.00. The van der Waals surface area contributed by atoms with E-state index < -0.39 is 10.0 Å². The lowest BCUT2D eigenvalue weighted by molar-refractivity contribution is 0.170. The van der Waals surface area contributed by atoms with Crippen LogP contribution in [-0.2, 0) is 10.0 Å². The van der Waals surface area contributed by atoms with E-state index in [9.17, 15) is 8.42 Å². The number of halogens is 1. The highest BCUT2D eigenvalue weighted by atomic mass is 79.9. The highest BCUT2D eigenvalue weighted by Gasteiger charge is 2.31. The summed E-state index contributed by atoms with van der Waals surface area (Å²) in [6, 6.07) is 5.02. The average Bonchev–Trinajstić information content (AvgIpc) is 2.49. The fourth-order valence-corrected chi connectivity index (χ4v) is 4.57. The van der Waals surface area contributed by atoms with E-state index in [-0.39, 0.29) is 17.4 Å². The second-order valence-electron chi connectivity index (χ2n) is 5.05. The first-order valence-corrected chi connectivity index (χ1v) is 9.25. The maximum Gasteiger partial charge on any atom is 0.246 e. The van der Waals surface area contributed by atoms with Crippen molar-refractivity contribution in [2.45, 2.75) is 24.7 Å². The Hall–Kier alpha value is -0.630.